The zero-order valence-corrected chi connectivity index (χ0v) is 14.2. The molecule has 1 aromatic carbocycles. The van der Waals surface area contributed by atoms with Crippen LogP contribution in [-0.4, -0.2) is 14.9 Å². The predicted octanol–water partition coefficient (Wildman–Crippen LogP) is 4.09. The van der Waals surface area contributed by atoms with E-state index in [9.17, 15) is 10.1 Å². The van der Waals surface area contributed by atoms with E-state index >= 15 is 0 Å². The van der Waals surface area contributed by atoms with Gasteiger partial charge in [-0.2, -0.15) is 0 Å². The maximum atomic E-state index is 10.8. The fraction of sp³-hybridized carbons (Fsp3) is 0.200. The first-order chi connectivity index (χ1) is 11.0. The van der Waals surface area contributed by atoms with E-state index in [0.29, 0.717) is 16.7 Å². The van der Waals surface area contributed by atoms with Crippen LogP contribution in [0.2, 0.25) is 0 Å². The van der Waals surface area contributed by atoms with Gasteiger partial charge in [0, 0.05) is 22.8 Å². The first-order valence-corrected chi connectivity index (χ1v) is 8.65. The van der Waals surface area contributed by atoms with E-state index in [0.717, 1.165) is 21.3 Å². The number of thioether (sulfide) groups is 1. The lowest BCUT2D eigenvalue weighted by atomic mass is 10.2. The molecule has 2 heterocycles. The summed E-state index contributed by atoms with van der Waals surface area (Å²) in [6, 6.07) is 6.57. The maximum absolute atomic E-state index is 10.8. The SMILES string of the molecule is Cc1sc2nc(SCc3cccc([N+](=O)[O-])c3)nc(N)c2c1C. The van der Waals surface area contributed by atoms with E-state index in [1.165, 1.54) is 22.7 Å². The lowest BCUT2D eigenvalue weighted by Gasteiger charge is -2.03. The van der Waals surface area contributed by atoms with Crippen molar-refractivity contribution in [3.05, 3.63) is 50.4 Å². The fourth-order valence-corrected chi connectivity index (χ4v) is 4.12. The van der Waals surface area contributed by atoms with Gasteiger partial charge in [0.25, 0.3) is 5.69 Å². The molecule has 3 rings (SSSR count). The number of hydrogen-bond acceptors (Lipinski definition) is 7. The molecule has 0 aliphatic carbocycles. The first-order valence-electron chi connectivity index (χ1n) is 6.85. The van der Waals surface area contributed by atoms with E-state index in [-0.39, 0.29) is 5.69 Å². The highest BCUT2D eigenvalue weighted by Crippen LogP contribution is 2.34. The lowest BCUT2D eigenvalue weighted by Crippen LogP contribution is -1.96. The van der Waals surface area contributed by atoms with Crippen LogP contribution in [0.15, 0.2) is 29.4 Å². The van der Waals surface area contributed by atoms with Crippen molar-refractivity contribution in [1.29, 1.82) is 0 Å². The zero-order valence-electron chi connectivity index (χ0n) is 12.6. The molecule has 0 radical (unpaired) electrons. The number of hydrogen-bond donors (Lipinski definition) is 1. The second-order valence-electron chi connectivity index (χ2n) is 5.07. The van der Waals surface area contributed by atoms with Crippen molar-refractivity contribution in [2.24, 2.45) is 0 Å². The molecule has 0 amide bonds. The molecule has 23 heavy (non-hydrogen) atoms. The number of benzene rings is 1. The quantitative estimate of drug-likeness (QED) is 0.331. The van der Waals surface area contributed by atoms with Crippen LogP contribution >= 0.6 is 23.1 Å². The van der Waals surface area contributed by atoms with E-state index in [1.807, 2.05) is 19.9 Å². The number of aromatic nitrogens is 2. The predicted molar refractivity (Wildman–Crippen MR) is 94.0 cm³/mol. The number of nitrogens with two attached hydrogens (primary N) is 1. The number of nitro groups is 1. The van der Waals surface area contributed by atoms with Gasteiger partial charge in [0.15, 0.2) is 5.16 Å². The number of nitro benzene ring substituents is 1. The summed E-state index contributed by atoms with van der Waals surface area (Å²) in [5.41, 5.74) is 8.12. The summed E-state index contributed by atoms with van der Waals surface area (Å²) in [4.78, 5) is 21.4. The molecule has 0 spiro atoms. The van der Waals surface area contributed by atoms with Gasteiger partial charge in [-0.15, -0.1) is 11.3 Å². The molecule has 0 bridgehead atoms. The Morgan fingerprint density at radius 2 is 2.13 bits per heavy atom. The molecule has 0 saturated carbocycles. The molecule has 3 aromatic rings. The normalized spacial score (nSPS) is 11.0. The summed E-state index contributed by atoms with van der Waals surface area (Å²) >= 11 is 3.02. The third-order valence-corrected chi connectivity index (χ3v) is 5.55. The molecule has 0 saturated heterocycles. The summed E-state index contributed by atoms with van der Waals surface area (Å²) in [6.45, 7) is 4.06. The molecule has 8 heteroatoms. The van der Waals surface area contributed by atoms with Crippen molar-refractivity contribution in [3.63, 3.8) is 0 Å². The Hall–Kier alpha value is -2.19. The Labute approximate surface area is 140 Å². The molecule has 2 N–H and O–H groups in total. The number of non-ortho nitro benzene ring substituents is 1. The highest BCUT2D eigenvalue weighted by Gasteiger charge is 2.13. The minimum atomic E-state index is -0.397. The third-order valence-electron chi connectivity index (χ3n) is 3.53. The first kappa shape index (κ1) is 15.7. The third kappa shape index (κ3) is 3.13. The average molecular weight is 346 g/mol. The largest absolute Gasteiger partial charge is 0.383 e. The van der Waals surface area contributed by atoms with Crippen molar-refractivity contribution in [1.82, 2.24) is 9.97 Å². The smallest absolute Gasteiger partial charge is 0.269 e. The van der Waals surface area contributed by atoms with Gasteiger partial charge in [-0.3, -0.25) is 10.1 Å². The minimum Gasteiger partial charge on any atom is -0.383 e. The maximum Gasteiger partial charge on any atom is 0.269 e. The Morgan fingerprint density at radius 1 is 1.35 bits per heavy atom. The van der Waals surface area contributed by atoms with Gasteiger partial charge >= 0.3 is 0 Å². The highest BCUT2D eigenvalue weighted by atomic mass is 32.2. The second kappa shape index (κ2) is 6.13. The van der Waals surface area contributed by atoms with Crippen molar-refractivity contribution in [2.75, 3.05) is 5.73 Å². The monoisotopic (exact) mass is 346 g/mol. The number of anilines is 1. The number of aryl methyl sites for hydroxylation is 2. The lowest BCUT2D eigenvalue weighted by molar-refractivity contribution is -0.384. The Morgan fingerprint density at radius 3 is 2.87 bits per heavy atom. The van der Waals surface area contributed by atoms with Gasteiger partial charge in [0.2, 0.25) is 0 Å². The van der Waals surface area contributed by atoms with Gasteiger partial charge in [-0.25, -0.2) is 9.97 Å². The average Bonchev–Trinajstić information content (AvgIpc) is 2.80. The second-order valence-corrected chi connectivity index (χ2v) is 7.22. The van der Waals surface area contributed by atoms with E-state index < -0.39 is 4.92 Å². The van der Waals surface area contributed by atoms with Gasteiger partial charge in [0.05, 0.1) is 10.3 Å². The topological polar surface area (TPSA) is 94.9 Å². The highest BCUT2D eigenvalue weighted by molar-refractivity contribution is 7.98. The van der Waals surface area contributed by atoms with Crippen molar-refractivity contribution >= 4 is 44.8 Å². The van der Waals surface area contributed by atoms with Gasteiger partial charge in [-0.05, 0) is 25.0 Å². The molecular weight excluding hydrogens is 332 g/mol. The van der Waals surface area contributed by atoms with Gasteiger partial charge < -0.3 is 5.73 Å². The Balaban J connectivity index is 1.85. The Bertz CT molecular complexity index is 908. The summed E-state index contributed by atoms with van der Waals surface area (Å²) in [6.07, 6.45) is 0. The molecule has 0 aliphatic heterocycles. The molecule has 0 fully saturated rings. The standard InChI is InChI=1S/C15H14N4O2S2/c1-8-9(2)23-14-12(8)13(16)17-15(18-14)22-7-10-4-3-5-11(6-10)19(20)21/h3-6H,7H2,1-2H3,(H2,16,17,18). The zero-order chi connectivity index (χ0) is 16.6. The van der Waals surface area contributed by atoms with Crippen molar-refractivity contribution in [2.45, 2.75) is 24.8 Å². The van der Waals surface area contributed by atoms with Crippen molar-refractivity contribution < 1.29 is 4.92 Å². The van der Waals surface area contributed by atoms with E-state index in [1.54, 1.807) is 23.5 Å². The molecule has 6 nitrogen and oxygen atoms in total. The van der Waals surface area contributed by atoms with Crippen LogP contribution in [0.4, 0.5) is 11.5 Å². The summed E-state index contributed by atoms with van der Waals surface area (Å²) < 4.78 is 0. The molecule has 2 aromatic heterocycles. The van der Waals surface area contributed by atoms with Crippen LogP contribution in [0.3, 0.4) is 0 Å². The molecule has 0 atom stereocenters. The van der Waals surface area contributed by atoms with Crippen LogP contribution in [0.5, 0.6) is 0 Å². The minimum absolute atomic E-state index is 0.0866. The van der Waals surface area contributed by atoms with Crippen LogP contribution in [0.1, 0.15) is 16.0 Å². The summed E-state index contributed by atoms with van der Waals surface area (Å²) in [5.74, 6) is 1.04. The molecule has 0 unspecified atom stereocenters. The molecule has 118 valence electrons. The van der Waals surface area contributed by atoms with Crippen molar-refractivity contribution in [3.8, 4) is 0 Å². The van der Waals surface area contributed by atoms with Gasteiger partial charge in [-0.1, -0.05) is 23.9 Å². The summed E-state index contributed by atoms with van der Waals surface area (Å²) in [7, 11) is 0. The molecular formula is C15H14N4O2S2. The molecule has 0 aliphatic rings. The van der Waals surface area contributed by atoms with E-state index in [2.05, 4.69) is 9.97 Å². The van der Waals surface area contributed by atoms with Crippen LogP contribution in [0, 0.1) is 24.0 Å². The number of nitrogens with zero attached hydrogens (tertiary/aromatic N) is 3. The Kier molecular flexibility index (Phi) is 4.18. The van der Waals surface area contributed by atoms with Crippen LogP contribution in [-0.2, 0) is 5.75 Å². The van der Waals surface area contributed by atoms with Crippen LogP contribution < -0.4 is 5.73 Å². The summed E-state index contributed by atoms with van der Waals surface area (Å²) in [5, 5.41) is 12.3. The number of thiophene rings is 1. The fourth-order valence-electron chi connectivity index (χ4n) is 2.23. The number of nitrogen functional groups attached to an aromatic ring is 1. The van der Waals surface area contributed by atoms with Gasteiger partial charge in [0.1, 0.15) is 10.6 Å². The van der Waals surface area contributed by atoms with E-state index in [4.69, 9.17) is 5.73 Å². The van der Waals surface area contributed by atoms with Crippen LogP contribution in [0.25, 0.3) is 10.2 Å². The number of rotatable bonds is 4. The number of fused-ring (bicyclic) bond motifs is 1.